The maximum absolute atomic E-state index is 14.3. The van der Waals surface area contributed by atoms with Crippen LogP contribution in [-0.4, -0.2) is 62.3 Å². The number of carbonyl (C=O) groups excluding carboxylic acids is 3. The molecule has 0 radical (unpaired) electrons. The van der Waals surface area contributed by atoms with E-state index in [1.54, 1.807) is 91.0 Å². The quantitative estimate of drug-likeness (QED) is 0.103. The molecule has 0 aliphatic carbocycles. The molecule has 11 nitrogen and oxygen atoms in total. The van der Waals surface area contributed by atoms with Gasteiger partial charge in [-0.1, -0.05) is 66.2 Å². The predicted octanol–water partition coefficient (Wildman–Crippen LogP) is 4.82. The van der Waals surface area contributed by atoms with Gasteiger partial charge in [0.25, 0.3) is 0 Å². The highest BCUT2D eigenvalue weighted by Gasteiger charge is 2.52. The van der Waals surface area contributed by atoms with Crippen molar-refractivity contribution in [3.05, 3.63) is 125 Å². The minimum Gasteiger partial charge on any atom is -0.459 e. The number of rotatable bonds is 8. The fraction of sp³-hybridized carbons (Fsp3) is 0.161. The Labute approximate surface area is 254 Å². The van der Waals surface area contributed by atoms with Gasteiger partial charge in [0.1, 0.15) is 18.2 Å². The third-order valence-corrected chi connectivity index (χ3v) is 7.07. The number of ether oxygens (including phenoxy) is 4. The second-order valence-corrected chi connectivity index (χ2v) is 9.97. The lowest BCUT2D eigenvalue weighted by atomic mass is 10.1. The van der Waals surface area contributed by atoms with Gasteiger partial charge < -0.3 is 18.9 Å². The molecule has 2 aromatic heterocycles. The summed E-state index contributed by atoms with van der Waals surface area (Å²) in [5, 5.41) is -0.248. The Bertz CT molecular complexity index is 1810. The summed E-state index contributed by atoms with van der Waals surface area (Å²) < 4.78 is 39.1. The summed E-state index contributed by atoms with van der Waals surface area (Å²) in [6.45, 7) is -0.396. The van der Waals surface area contributed by atoms with Crippen molar-refractivity contribution in [1.29, 1.82) is 0 Å². The zero-order chi connectivity index (χ0) is 30.6. The smallest absolute Gasteiger partial charge is 0.338 e. The van der Waals surface area contributed by atoms with Gasteiger partial charge in [0.2, 0.25) is 0 Å². The standard InChI is InChI=1S/C31H22ClFN4O7/c32-25-22-26(36-31(33)35-25)37(17-34-22)27-24(44-30(40)20-14-8-3-9-15-20)23(43-29(39)19-12-6-2-7-13-19)21(42-27)16-41-28(38)18-10-4-1-5-11-18/h1-15,17,21,23-24,27H,16H2/t21-,23-,24-,27-/m1/s1. The summed E-state index contributed by atoms with van der Waals surface area (Å²) in [5.41, 5.74) is 0.711. The molecule has 0 amide bonds. The molecule has 6 rings (SSSR count). The lowest BCUT2D eigenvalue weighted by molar-refractivity contribution is -0.0606. The normalized spacial score (nSPS) is 19.4. The van der Waals surface area contributed by atoms with Crippen molar-refractivity contribution in [3.63, 3.8) is 0 Å². The monoisotopic (exact) mass is 616 g/mol. The van der Waals surface area contributed by atoms with Gasteiger partial charge in [0, 0.05) is 0 Å². The zero-order valence-corrected chi connectivity index (χ0v) is 23.4. The molecule has 5 aromatic rings. The summed E-state index contributed by atoms with van der Waals surface area (Å²) in [6, 6.07) is 24.6. The Kier molecular flexibility index (Phi) is 8.26. The fourth-order valence-corrected chi connectivity index (χ4v) is 4.93. The van der Waals surface area contributed by atoms with E-state index >= 15 is 0 Å². The van der Waals surface area contributed by atoms with Crippen molar-refractivity contribution in [1.82, 2.24) is 19.5 Å². The first kappa shape index (κ1) is 28.9. The molecule has 1 fully saturated rings. The number of carbonyl (C=O) groups is 3. The molecule has 0 N–H and O–H groups in total. The van der Waals surface area contributed by atoms with Crippen molar-refractivity contribution in [2.24, 2.45) is 0 Å². The SMILES string of the molecule is O=C(OC[C@H]1O[C@@H](n2cnc3c(Cl)nc(F)nc32)[C@H](OC(=O)c2ccccc2)[C@@H]1OC(=O)c1ccccc1)c1ccccc1. The predicted molar refractivity (Wildman–Crippen MR) is 152 cm³/mol. The largest absolute Gasteiger partial charge is 0.459 e. The van der Waals surface area contributed by atoms with E-state index in [0.29, 0.717) is 0 Å². The number of fused-ring (bicyclic) bond motifs is 1. The number of imidazole rings is 1. The third kappa shape index (κ3) is 5.98. The van der Waals surface area contributed by atoms with E-state index in [1.165, 1.54) is 10.9 Å². The molecule has 3 heterocycles. The summed E-state index contributed by atoms with van der Waals surface area (Å²) in [5.74, 6) is -2.15. The number of benzene rings is 3. The second kappa shape index (κ2) is 12.6. The minimum atomic E-state index is -1.34. The maximum Gasteiger partial charge on any atom is 0.338 e. The number of hydrogen-bond acceptors (Lipinski definition) is 10. The molecule has 1 saturated heterocycles. The van der Waals surface area contributed by atoms with Gasteiger partial charge >= 0.3 is 24.0 Å². The number of hydrogen-bond donors (Lipinski definition) is 0. The van der Waals surface area contributed by atoms with Crippen LogP contribution in [0.15, 0.2) is 97.3 Å². The van der Waals surface area contributed by atoms with Crippen LogP contribution in [-0.2, 0) is 18.9 Å². The molecule has 4 atom stereocenters. The van der Waals surface area contributed by atoms with Gasteiger partial charge in [0.15, 0.2) is 29.2 Å². The fourth-order valence-electron chi connectivity index (χ4n) is 4.72. The van der Waals surface area contributed by atoms with Gasteiger partial charge in [-0.15, -0.1) is 0 Å². The van der Waals surface area contributed by atoms with E-state index in [-0.39, 0.29) is 33.0 Å². The topological polar surface area (TPSA) is 132 Å². The van der Waals surface area contributed by atoms with Crippen LogP contribution in [0.2, 0.25) is 5.15 Å². The summed E-state index contributed by atoms with van der Waals surface area (Å²) in [7, 11) is 0. The van der Waals surface area contributed by atoms with Crippen LogP contribution in [0.5, 0.6) is 0 Å². The van der Waals surface area contributed by atoms with E-state index in [2.05, 4.69) is 15.0 Å². The van der Waals surface area contributed by atoms with Crippen molar-refractivity contribution >= 4 is 40.7 Å². The van der Waals surface area contributed by atoms with Crippen LogP contribution < -0.4 is 0 Å². The van der Waals surface area contributed by atoms with E-state index in [1.807, 2.05) is 0 Å². The summed E-state index contributed by atoms with van der Waals surface area (Å²) >= 11 is 6.10. The lowest BCUT2D eigenvalue weighted by Crippen LogP contribution is -2.41. The molecular formula is C31H22ClFN4O7. The van der Waals surface area contributed by atoms with Crippen molar-refractivity contribution in [2.45, 2.75) is 24.5 Å². The molecule has 1 aliphatic rings. The minimum absolute atomic E-state index is 0.0570. The average Bonchev–Trinajstić information content (AvgIpc) is 3.62. The van der Waals surface area contributed by atoms with E-state index in [9.17, 15) is 18.8 Å². The Morgan fingerprint density at radius 2 is 1.30 bits per heavy atom. The molecule has 13 heteroatoms. The third-order valence-electron chi connectivity index (χ3n) is 6.80. The van der Waals surface area contributed by atoms with Gasteiger partial charge in [0.05, 0.1) is 23.0 Å². The molecule has 3 aromatic carbocycles. The molecular weight excluding hydrogens is 595 g/mol. The van der Waals surface area contributed by atoms with Gasteiger partial charge in [-0.05, 0) is 36.4 Å². The lowest BCUT2D eigenvalue weighted by Gasteiger charge is -2.25. The summed E-state index contributed by atoms with van der Waals surface area (Å²) in [6.07, 6.45) is -4.93. The average molecular weight is 617 g/mol. The van der Waals surface area contributed by atoms with Crippen LogP contribution in [0.3, 0.4) is 0 Å². The molecule has 44 heavy (non-hydrogen) atoms. The van der Waals surface area contributed by atoms with Crippen LogP contribution in [0.25, 0.3) is 11.2 Å². The number of halogens is 2. The first-order valence-electron chi connectivity index (χ1n) is 13.3. The summed E-state index contributed by atoms with van der Waals surface area (Å²) in [4.78, 5) is 50.8. The molecule has 0 spiro atoms. The first-order chi connectivity index (χ1) is 21.4. The Hall–Kier alpha value is -5.20. The Morgan fingerprint density at radius 1 is 0.773 bits per heavy atom. The van der Waals surface area contributed by atoms with Gasteiger partial charge in [-0.2, -0.15) is 14.4 Å². The highest BCUT2D eigenvalue weighted by Crippen LogP contribution is 2.37. The highest BCUT2D eigenvalue weighted by molar-refractivity contribution is 6.33. The molecule has 222 valence electrons. The van der Waals surface area contributed by atoms with E-state index < -0.39 is 55.1 Å². The molecule has 0 unspecified atom stereocenters. The molecule has 1 aliphatic heterocycles. The molecule has 0 saturated carbocycles. The van der Waals surface area contributed by atoms with Crippen LogP contribution in [0, 0.1) is 6.08 Å². The van der Waals surface area contributed by atoms with Crippen LogP contribution in [0.4, 0.5) is 4.39 Å². The van der Waals surface area contributed by atoms with Crippen LogP contribution in [0.1, 0.15) is 37.3 Å². The Balaban J connectivity index is 1.39. The second-order valence-electron chi connectivity index (χ2n) is 9.61. The van der Waals surface area contributed by atoms with Crippen molar-refractivity contribution in [3.8, 4) is 0 Å². The number of aromatic nitrogens is 4. The number of esters is 3. The van der Waals surface area contributed by atoms with Gasteiger partial charge in [-0.3, -0.25) is 4.57 Å². The van der Waals surface area contributed by atoms with E-state index in [0.717, 1.165) is 0 Å². The maximum atomic E-state index is 14.3. The zero-order valence-electron chi connectivity index (χ0n) is 22.7. The van der Waals surface area contributed by atoms with Crippen molar-refractivity contribution < 1.29 is 37.7 Å². The van der Waals surface area contributed by atoms with Crippen molar-refractivity contribution in [2.75, 3.05) is 6.61 Å². The number of nitrogens with zero attached hydrogens (tertiary/aromatic N) is 4. The van der Waals surface area contributed by atoms with Crippen LogP contribution >= 0.6 is 11.6 Å². The molecule has 0 bridgehead atoms. The highest BCUT2D eigenvalue weighted by atomic mass is 35.5. The first-order valence-corrected chi connectivity index (χ1v) is 13.7. The van der Waals surface area contributed by atoms with E-state index in [4.69, 9.17) is 30.5 Å². The Morgan fingerprint density at radius 3 is 1.86 bits per heavy atom. The van der Waals surface area contributed by atoms with Gasteiger partial charge in [-0.25, -0.2) is 19.4 Å².